The number of hydrogen-bond acceptors (Lipinski definition) is 7. The highest BCUT2D eigenvalue weighted by Gasteiger charge is 2.30. The van der Waals surface area contributed by atoms with E-state index in [1.807, 2.05) is 25.3 Å². The molecule has 10 heteroatoms. The van der Waals surface area contributed by atoms with Crippen molar-refractivity contribution in [3.05, 3.63) is 54.1 Å². The van der Waals surface area contributed by atoms with Crippen LogP contribution in [0.25, 0.3) is 5.82 Å². The molecule has 0 amide bonds. The van der Waals surface area contributed by atoms with Crippen molar-refractivity contribution in [2.75, 3.05) is 38.2 Å². The van der Waals surface area contributed by atoms with Crippen molar-refractivity contribution in [3.63, 3.8) is 0 Å². The van der Waals surface area contributed by atoms with Crippen LogP contribution < -0.4 is 9.64 Å². The molecule has 1 aromatic carbocycles. The fourth-order valence-corrected chi connectivity index (χ4v) is 5.31. The summed E-state index contributed by atoms with van der Waals surface area (Å²) in [5.41, 5.74) is 1.48. The van der Waals surface area contributed by atoms with Gasteiger partial charge < -0.3 is 9.64 Å². The molecule has 4 rings (SSSR count). The zero-order chi connectivity index (χ0) is 21.3. The third-order valence-electron chi connectivity index (χ3n) is 5.25. The molecule has 9 nitrogen and oxygen atoms in total. The number of anilines is 1. The van der Waals surface area contributed by atoms with Crippen LogP contribution >= 0.6 is 0 Å². The van der Waals surface area contributed by atoms with Crippen molar-refractivity contribution in [2.45, 2.75) is 18.7 Å². The molecule has 1 fully saturated rings. The Morgan fingerprint density at radius 3 is 2.37 bits per heavy atom. The van der Waals surface area contributed by atoms with Crippen molar-refractivity contribution in [1.29, 1.82) is 0 Å². The molecule has 0 spiro atoms. The van der Waals surface area contributed by atoms with Gasteiger partial charge in [-0.3, -0.25) is 0 Å². The second-order valence-electron chi connectivity index (χ2n) is 7.16. The predicted molar refractivity (Wildman–Crippen MR) is 113 cm³/mol. The molecule has 0 N–H and O–H groups in total. The number of benzene rings is 1. The van der Waals surface area contributed by atoms with Crippen LogP contribution in [0.2, 0.25) is 0 Å². The van der Waals surface area contributed by atoms with Crippen LogP contribution in [0.1, 0.15) is 11.1 Å². The molecule has 158 valence electrons. The summed E-state index contributed by atoms with van der Waals surface area (Å²) in [5, 5.41) is 4.19. The van der Waals surface area contributed by atoms with Gasteiger partial charge in [0.2, 0.25) is 10.0 Å². The Kier molecular flexibility index (Phi) is 5.44. The molecular weight excluding hydrogens is 404 g/mol. The van der Waals surface area contributed by atoms with Gasteiger partial charge in [0.25, 0.3) is 0 Å². The lowest BCUT2D eigenvalue weighted by Crippen LogP contribution is -2.49. The van der Waals surface area contributed by atoms with E-state index in [0.29, 0.717) is 48.2 Å². The van der Waals surface area contributed by atoms with Gasteiger partial charge in [-0.15, -0.1) is 0 Å². The number of hydrogen-bond donors (Lipinski definition) is 0. The highest BCUT2D eigenvalue weighted by molar-refractivity contribution is 7.89. The van der Waals surface area contributed by atoms with E-state index in [-0.39, 0.29) is 0 Å². The van der Waals surface area contributed by atoms with Gasteiger partial charge in [0.1, 0.15) is 17.9 Å². The largest absolute Gasteiger partial charge is 0.496 e. The number of sulfonamides is 1. The first-order chi connectivity index (χ1) is 14.4. The molecule has 1 saturated heterocycles. The Balaban J connectivity index is 1.51. The molecule has 2 aromatic heterocycles. The molecule has 0 aliphatic carbocycles. The lowest BCUT2D eigenvalue weighted by Gasteiger charge is -2.35. The van der Waals surface area contributed by atoms with E-state index in [1.54, 1.807) is 37.0 Å². The normalized spacial score (nSPS) is 15.4. The number of ether oxygens (including phenoxy) is 1. The minimum atomic E-state index is -3.59. The second-order valence-corrected chi connectivity index (χ2v) is 9.07. The number of piperazine rings is 1. The van der Waals surface area contributed by atoms with Crippen molar-refractivity contribution in [1.82, 2.24) is 24.1 Å². The summed E-state index contributed by atoms with van der Waals surface area (Å²) in [5.74, 6) is 2.11. The summed E-state index contributed by atoms with van der Waals surface area (Å²) in [6.45, 7) is 5.50. The average molecular weight is 429 g/mol. The van der Waals surface area contributed by atoms with E-state index in [0.717, 1.165) is 11.4 Å². The van der Waals surface area contributed by atoms with E-state index in [1.165, 1.54) is 10.6 Å². The summed E-state index contributed by atoms with van der Waals surface area (Å²) in [4.78, 5) is 11.0. The van der Waals surface area contributed by atoms with Crippen molar-refractivity contribution >= 4 is 15.8 Å². The third kappa shape index (κ3) is 3.75. The van der Waals surface area contributed by atoms with Crippen LogP contribution in [0.3, 0.4) is 0 Å². The Labute approximate surface area is 176 Å². The number of aromatic nitrogens is 4. The van der Waals surface area contributed by atoms with Gasteiger partial charge >= 0.3 is 0 Å². The topological polar surface area (TPSA) is 93.5 Å². The minimum absolute atomic E-state index is 0.331. The second kappa shape index (κ2) is 8.04. The smallest absolute Gasteiger partial charge is 0.243 e. The fourth-order valence-electron chi connectivity index (χ4n) is 3.60. The van der Waals surface area contributed by atoms with Gasteiger partial charge in [-0.25, -0.2) is 23.1 Å². The molecular formula is C20H24N6O3S. The Bertz CT molecular complexity index is 1140. The van der Waals surface area contributed by atoms with Gasteiger partial charge in [0.05, 0.1) is 12.0 Å². The first-order valence-corrected chi connectivity index (χ1v) is 11.1. The maximum atomic E-state index is 13.2. The van der Waals surface area contributed by atoms with Gasteiger partial charge in [-0.1, -0.05) is 0 Å². The molecule has 0 unspecified atom stereocenters. The Hall–Kier alpha value is -2.98. The van der Waals surface area contributed by atoms with Crippen LogP contribution in [0, 0.1) is 13.8 Å². The summed E-state index contributed by atoms with van der Waals surface area (Å²) < 4.78 is 35.0. The van der Waals surface area contributed by atoms with E-state index in [2.05, 4.69) is 20.0 Å². The monoisotopic (exact) mass is 428 g/mol. The summed E-state index contributed by atoms with van der Waals surface area (Å²) in [7, 11) is -2.00. The molecule has 0 radical (unpaired) electrons. The average Bonchev–Trinajstić information content (AvgIpc) is 3.30. The molecule has 0 saturated carbocycles. The molecule has 1 aliphatic rings. The molecule has 3 aromatic rings. The van der Waals surface area contributed by atoms with Crippen LogP contribution in [-0.4, -0.2) is 65.8 Å². The first kappa shape index (κ1) is 20.3. The predicted octanol–water partition coefficient (Wildman–Crippen LogP) is 1.80. The van der Waals surface area contributed by atoms with Crippen molar-refractivity contribution < 1.29 is 13.2 Å². The van der Waals surface area contributed by atoms with E-state index in [4.69, 9.17) is 4.74 Å². The molecule has 0 atom stereocenters. The van der Waals surface area contributed by atoms with E-state index >= 15 is 0 Å². The fraction of sp³-hybridized carbons (Fsp3) is 0.350. The third-order valence-corrected chi connectivity index (χ3v) is 7.29. The Morgan fingerprint density at radius 2 is 1.70 bits per heavy atom. The number of aryl methyl sites for hydroxylation is 2. The number of rotatable bonds is 5. The van der Waals surface area contributed by atoms with Crippen molar-refractivity contribution in [2.24, 2.45) is 0 Å². The lowest BCUT2D eigenvalue weighted by atomic mass is 10.1. The molecule has 0 bridgehead atoms. The zero-order valence-electron chi connectivity index (χ0n) is 17.2. The lowest BCUT2D eigenvalue weighted by molar-refractivity contribution is 0.383. The summed E-state index contributed by atoms with van der Waals surface area (Å²) in [6.07, 6.45) is 5.00. The van der Waals surface area contributed by atoms with Crippen LogP contribution in [-0.2, 0) is 10.0 Å². The summed E-state index contributed by atoms with van der Waals surface area (Å²) in [6, 6.07) is 7.15. The van der Waals surface area contributed by atoms with Gasteiger partial charge in [-0.2, -0.15) is 9.40 Å². The SMILES string of the molecule is COc1cc(C)c(S(=O)(=O)N2CCN(c3cc(-n4cccn4)ncn3)CC2)cc1C. The molecule has 30 heavy (non-hydrogen) atoms. The van der Waals surface area contributed by atoms with Crippen LogP contribution in [0.4, 0.5) is 5.82 Å². The Morgan fingerprint density at radius 1 is 0.967 bits per heavy atom. The van der Waals surface area contributed by atoms with Crippen LogP contribution in [0.5, 0.6) is 5.75 Å². The quantitative estimate of drug-likeness (QED) is 0.612. The molecule has 3 heterocycles. The van der Waals surface area contributed by atoms with Gasteiger partial charge in [0, 0.05) is 44.6 Å². The van der Waals surface area contributed by atoms with Crippen molar-refractivity contribution in [3.8, 4) is 11.6 Å². The zero-order valence-corrected chi connectivity index (χ0v) is 18.0. The number of nitrogens with zero attached hydrogens (tertiary/aromatic N) is 6. The summed E-state index contributed by atoms with van der Waals surface area (Å²) >= 11 is 0. The number of methoxy groups -OCH3 is 1. The maximum Gasteiger partial charge on any atom is 0.243 e. The maximum absolute atomic E-state index is 13.2. The van der Waals surface area contributed by atoms with E-state index < -0.39 is 10.0 Å². The first-order valence-electron chi connectivity index (χ1n) is 9.62. The van der Waals surface area contributed by atoms with Gasteiger partial charge in [0.15, 0.2) is 5.82 Å². The minimum Gasteiger partial charge on any atom is -0.496 e. The van der Waals surface area contributed by atoms with Crippen LogP contribution in [0.15, 0.2) is 47.9 Å². The molecule has 1 aliphatic heterocycles. The highest BCUT2D eigenvalue weighted by Crippen LogP contribution is 2.28. The highest BCUT2D eigenvalue weighted by atomic mass is 32.2. The standard InChI is InChI=1S/C20H24N6O3S/c1-15-12-18(16(2)11-17(15)29-3)30(27,28)25-9-7-24(8-10-25)19-13-20(22-14-21-19)26-6-4-5-23-26/h4-6,11-14H,7-10H2,1-3H3. The van der Waals surface area contributed by atoms with E-state index in [9.17, 15) is 8.42 Å². The van der Waals surface area contributed by atoms with Gasteiger partial charge in [-0.05, 0) is 43.2 Å².